The van der Waals surface area contributed by atoms with Crippen LogP contribution in [0.2, 0.25) is 0 Å². The standard InChI is InChI=1S/C22H24N2O2/c1-17-7-10-19(11-8-17)22(26)24-15-13-20(14-16-24)23-21(25)12-9-18-5-3-2-4-6-18/h2-12,20H,13-16H2,1H3,(H,23,25)/b12-9+. The maximum Gasteiger partial charge on any atom is 0.253 e. The molecule has 2 amide bonds. The van der Waals surface area contributed by atoms with Crippen LogP contribution < -0.4 is 5.32 Å². The highest BCUT2D eigenvalue weighted by Crippen LogP contribution is 2.15. The molecule has 0 unspecified atom stereocenters. The highest BCUT2D eigenvalue weighted by molar-refractivity contribution is 5.94. The Labute approximate surface area is 154 Å². The molecule has 0 spiro atoms. The van der Waals surface area contributed by atoms with Crippen LogP contribution in [0.5, 0.6) is 0 Å². The normalized spacial score (nSPS) is 15.2. The molecule has 1 N–H and O–H groups in total. The van der Waals surface area contributed by atoms with Gasteiger partial charge in [-0.2, -0.15) is 0 Å². The van der Waals surface area contributed by atoms with Gasteiger partial charge in [-0.1, -0.05) is 48.0 Å². The number of hydrogen-bond donors (Lipinski definition) is 1. The number of likely N-dealkylation sites (tertiary alicyclic amines) is 1. The quantitative estimate of drug-likeness (QED) is 0.861. The number of nitrogens with one attached hydrogen (secondary N) is 1. The Balaban J connectivity index is 1.47. The van der Waals surface area contributed by atoms with E-state index in [0.29, 0.717) is 13.1 Å². The summed E-state index contributed by atoms with van der Waals surface area (Å²) in [5.74, 6) is -0.0177. The Morgan fingerprint density at radius 1 is 1.00 bits per heavy atom. The van der Waals surface area contributed by atoms with E-state index in [1.54, 1.807) is 6.08 Å². The van der Waals surface area contributed by atoms with Crippen LogP contribution >= 0.6 is 0 Å². The summed E-state index contributed by atoms with van der Waals surface area (Å²) in [4.78, 5) is 26.5. The van der Waals surface area contributed by atoms with Crippen LogP contribution in [-0.2, 0) is 4.79 Å². The monoisotopic (exact) mass is 348 g/mol. The summed E-state index contributed by atoms with van der Waals surface area (Å²) in [5, 5.41) is 3.03. The number of amides is 2. The first-order valence-electron chi connectivity index (χ1n) is 9.01. The Hall–Kier alpha value is -2.88. The van der Waals surface area contributed by atoms with Gasteiger partial charge in [0.05, 0.1) is 0 Å². The van der Waals surface area contributed by atoms with Gasteiger partial charge in [-0.25, -0.2) is 0 Å². The van der Waals surface area contributed by atoms with Crippen molar-refractivity contribution in [2.24, 2.45) is 0 Å². The first-order valence-corrected chi connectivity index (χ1v) is 9.01. The highest BCUT2D eigenvalue weighted by Gasteiger charge is 2.24. The third kappa shape index (κ3) is 4.82. The van der Waals surface area contributed by atoms with Gasteiger partial charge in [0.15, 0.2) is 0 Å². The summed E-state index contributed by atoms with van der Waals surface area (Å²) >= 11 is 0. The fraction of sp³-hybridized carbons (Fsp3) is 0.273. The Bertz CT molecular complexity index is 774. The molecule has 1 heterocycles. The molecule has 0 bridgehead atoms. The van der Waals surface area contributed by atoms with E-state index < -0.39 is 0 Å². The van der Waals surface area contributed by atoms with Gasteiger partial charge in [0.2, 0.25) is 5.91 Å². The van der Waals surface area contributed by atoms with Gasteiger partial charge in [0, 0.05) is 30.8 Å². The van der Waals surface area contributed by atoms with Gasteiger partial charge in [-0.3, -0.25) is 9.59 Å². The number of rotatable bonds is 4. The number of piperidine rings is 1. The second kappa shape index (κ2) is 8.48. The summed E-state index contributed by atoms with van der Waals surface area (Å²) in [6, 6.07) is 17.5. The molecule has 134 valence electrons. The SMILES string of the molecule is Cc1ccc(C(=O)N2CCC(NC(=O)/C=C/c3ccccc3)CC2)cc1. The Morgan fingerprint density at radius 2 is 1.65 bits per heavy atom. The molecular formula is C22H24N2O2. The van der Waals surface area contributed by atoms with Crippen LogP contribution in [0.25, 0.3) is 6.08 Å². The molecule has 4 heteroatoms. The van der Waals surface area contributed by atoms with E-state index >= 15 is 0 Å². The van der Waals surface area contributed by atoms with E-state index in [1.807, 2.05) is 72.5 Å². The Kier molecular flexibility index (Phi) is 5.84. The first-order chi connectivity index (χ1) is 12.6. The molecule has 3 rings (SSSR count). The molecule has 0 saturated carbocycles. The van der Waals surface area contributed by atoms with Crippen LogP contribution in [0, 0.1) is 6.92 Å². The average Bonchev–Trinajstić information content (AvgIpc) is 2.68. The number of hydrogen-bond acceptors (Lipinski definition) is 2. The lowest BCUT2D eigenvalue weighted by molar-refractivity contribution is -0.117. The van der Waals surface area contributed by atoms with Gasteiger partial charge in [-0.05, 0) is 43.5 Å². The molecular weight excluding hydrogens is 324 g/mol. The molecule has 4 nitrogen and oxygen atoms in total. The van der Waals surface area contributed by atoms with Crippen molar-refractivity contribution in [3.63, 3.8) is 0 Å². The van der Waals surface area contributed by atoms with Gasteiger partial charge >= 0.3 is 0 Å². The molecule has 26 heavy (non-hydrogen) atoms. The van der Waals surface area contributed by atoms with E-state index in [2.05, 4.69) is 5.32 Å². The summed E-state index contributed by atoms with van der Waals surface area (Å²) in [6.45, 7) is 3.34. The summed E-state index contributed by atoms with van der Waals surface area (Å²) in [7, 11) is 0. The molecule has 0 atom stereocenters. The van der Waals surface area contributed by atoms with Crippen molar-refractivity contribution in [2.75, 3.05) is 13.1 Å². The Morgan fingerprint density at radius 3 is 2.31 bits per heavy atom. The molecule has 0 aliphatic carbocycles. The molecule has 1 aliphatic rings. The summed E-state index contributed by atoms with van der Waals surface area (Å²) < 4.78 is 0. The average molecular weight is 348 g/mol. The highest BCUT2D eigenvalue weighted by atomic mass is 16.2. The number of carbonyl (C=O) groups is 2. The van der Waals surface area contributed by atoms with E-state index in [9.17, 15) is 9.59 Å². The van der Waals surface area contributed by atoms with E-state index in [1.165, 1.54) is 0 Å². The number of nitrogens with zero attached hydrogens (tertiary/aromatic N) is 1. The largest absolute Gasteiger partial charge is 0.350 e. The van der Waals surface area contributed by atoms with Crippen molar-refractivity contribution >= 4 is 17.9 Å². The summed E-state index contributed by atoms with van der Waals surface area (Å²) in [5.41, 5.74) is 2.87. The van der Waals surface area contributed by atoms with Crippen LogP contribution in [0.1, 0.15) is 34.3 Å². The maximum atomic E-state index is 12.5. The van der Waals surface area contributed by atoms with E-state index in [4.69, 9.17) is 0 Å². The van der Waals surface area contributed by atoms with E-state index in [-0.39, 0.29) is 17.9 Å². The van der Waals surface area contributed by atoms with Crippen LogP contribution in [-0.4, -0.2) is 35.8 Å². The van der Waals surface area contributed by atoms with Gasteiger partial charge in [-0.15, -0.1) is 0 Å². The minimum atomic E-state index is -0.0860. The molecule has 0 radical (unpaired) electrons. The lowest BCUT2D eigenvalue weighted by Crippen LogP contribution is -2.46. The summed E-state index contributed by atoms with van der Waals surface area (Å²) in [6.07, 6.45) is 4.94. The maximum absolute atomic E-state index is 12.5. The third-order valence-corrected chi connectivity index (χ3v) is 4.65. The second-order valence-corrected chi connectivity index (χ2v) is 6.69. The molecule has 2 aromatic carbocycles. The lowest BCUT2D eigenvalue weighted by Gasteiger charge is -2.32. The van der Waals surface area contributed by atoms with Crippen molar-refractivity contribution < 1.29 is 9.59 Å². The minimum Gasteiger partial charge on any atom is -0.350 e. The molecule has 2 aromatic rings. The zero-order valence-corrected chi connectivity index (χ0v) is 15.0. The third-order valence-electron chi connectivity index (χ3n) is 4.65. The van der Waals surface area contributed by atoms with Crippen molar-refractivity contribution in [2.45, 2.75) is 25.8 Å². The van der Waals surface area contributed by atoms with Crippen molar-refractivity contribution in [1.82, 2.24) is 10.2 Å². The number of carbonyl (C=O) groups excluding carboxylic acids is 2. The number of benzene rings is 2. The molecule has 1 saturated heterocycles. The topological polar surface area (TPSA) is 49.4 Å². The predicted molar refractivity (Wildman–Crippen MR) is 104 cm³/mol. The molecule has 0 aromatic heterocycles. The fourth-order valence-corrected chi connectivity index (χ4v) is 3.09. The zero-order chi connectivity index (χ0) is 18.4. The lowest BCUT2D eigenvalue weighted by atomic mass is 10.0. The minimum absolute atomic E-state index is 0.0683. The zero-order valence-electron chi connectivity index (χ0n) is 15.0. The molecule has 1 fully saturated rings. The van der Waals surface area contributed by atoms with Gasteiger partial charge in [0.25, 0.3) is 5.91 Å². The van der Waals surface area contributed by atoms with Crippen LogP contribution in [0.4, 0.5) is 0 Å². The smallest absolute Gasteiger partial charge is 0.253 e. The predicted octanol–water partition coefficient (Wildman–Crippen LogP) is 3.43. The fourth-order valence-electron chi connectivity index (χ4n) is 3.09. The first kappa shape index (κ1) is 17.9. The van der Waals surface area contributed by atoms with Crippen LogP contribution in [0.3, 0.4) is 0 Å². The van der Waals surface area contributed by atoms with E-state index in [0.717, 1.165) is 29.5 Å². The van der Waals surface area contributed by atoms with Crippen molar-refractivity contribution in [1.29, 1.82) is 0 Å². The second-order valence-electron chi connectivity index (χ2n) is 6.69. The van der Waals surface area contributed by atoms with Crippen molar-refractivity contribution in [3.8, 4) is 0 Å². The van der Waals surface area contributed by atoms with Gasteiger partial charge in [0.1, 0.15) is 0 Å². The molecule has 1 aliphatic heterocycles. The van der Waals surface area contributed by atoms with Gasteiger partial charge < -0.3 is 10.2 Å². The van der Waals surface area contributed by atoms with Crippen LogP contribution in [0.15, 0.2) is 60.7 Å². The number of aryl methyl sites for hydroxylation is 1. The van der Waals surface area contributed by atoms with Crippen molar-refractivity contribution in [3.05, 3.63) is 77.4 Å².